The van der Waals surface area contributed by atoms with Crippen LogP contribution in [0, 0.1) is 0 Å². The van der Waals surface area contributed by atoms with Gasteiger partial charge in [0.2, 0.25) is 0 Å². The quantitative estimate of drug-likeness (QED) is 0.290. The van der Waals surface area contributed by atoms with Gasteiger partial charge in [0.05, 0.1) is 49.2 Å². The van der Waals surface area contributed by atoms with Gasteiger partial charge in [-0.05, 0) is 35.9 Å². The maximum absolute atomic E-state index is 13.4. The Hall–Kier alpha value is -4.17. The molecule has 35 heavy (non-hydrogen) atoms. The highest BCUT2D eigenvalue weighted by Gasteiger charge is 2.48. The molecule has 1 atom stereocenters. The normalized spacial score (nSPS) is 16.9. The molecule has 0 bridgehead atoms. The van der Waals surface area contributed by atoms with Crippen molar-refractivity contribution in [1.29, 1.82) is 0 Å². The number of methoxy groups -OCH3 is 3. The van der Waals surface area contributed by atoms with E-state index in [1.165, 1.54) is 50.5 Å². The van der Waals surface area contributed by atoms with Crippen molar-refractivity contribution in [3.05, 3.63) is 82.4 Å². The minimum atomic E-state index is -1.03. The monoisotopic (exact) mass is 495 g/mol. The van der Waals surface area contributed by atoms with Crippen molar-refractivity contribution < 1.29 is 34.0 Å². The molecular weight excluding hydrogens is 474 g/mol. The SMILES string of the molecule is COc1cc(OC)c(/C(O)=C2\C(=O)C(=O)N(c3ccccc3OC)C2c2ccc(O)cc2)cc1Cl. The number of amides is 1. The number of hydrogen-bond donors (Lipinski definition) is 2. The number of phenols is 1. The first-order valence-corrected chi connectivity index (χ1v) is 10.8. The average molecular weight is 496 g/mol. The van der Waals surface area contributed by atoms with Gasteiger partial charge in [-0.15, -0.1) is 0 Å². The van der Waals surface area contributed by atoms with Gasteiger partial charge in [0.1, 0.15) is 28.8 Å². The second kappa shape index (κ2) is 9.60. The maximum atomic E-state index is 13.4. The van der Waals surface area contributed by atoms with E-state index < -0.39 is 23.5 Å². The van der Waals surface area contributed by atoms with Crippen LogP contribution in [0.2, 0.25) is 5.02 Å². The molecule has 1 aliphatic heterocycles. The van der Waals surface area contributed by atoms with Crippen molar-refractivity contribution in [2.24, 2.45) is 0 Å². The molecule has 0 saturated carbocycles. The zero-order valence-electron chi connectivity index (χ0n) is 19.1. The summed E-state index contributed by atoms with van der Waals surface area (Å²) in [6.45, 7) is 0. The molecule has 3 aromatic rings. The van der Waals surface area contributed by atoms with E-state index >= 15 is 0 Å². The van der Waals surface area contributed by atoms with Gasteiger partial charge in [-0.3, -0.25) is 14.5 Å². The van der Waals surface area contributed by atoms with Crippen LogP contribution in [0.3, 0.4) is 0 Å². The maximum Gasteiger partial charge on any atom is 0.300 e. The van der Waals surface area contributed by atoms with Crippen molar-refractivity contribution in [2.45, 2.75) is 6.04 Å². The van der Waals surface area contributed by atoms with E-state index in [0.29, 0.717) is 22.7 Å². The third-order valence-corrected chi connectivity index (χ3v) is 6.02. The van der Waals surface area contributed by atoms with Gasteiger partial charge in [0.25, 0.3) is 11.7 Å². The van der Waals surface area contributed by atoms with Gasteiger partial charge in [-0.2, -0.15) is 0 Å². The average Bonchev–Trinajstić information content (AvgIpc) is 3.13. The molecule has 4 rings (SSSR count). The standard InChI is InChI=1S/C26H22ClNO7/c1-33-19-7-5-4-6-18(19)28-23(14-8-10-15(29)11-9-14)22(25(31)26(28)32)24(30)16-12-17(27)21(35-3)13-20(16)34-2/h4-13,23,29-30H,1-3H3/b24-22+. The van der Waals surface area contributed by atoms with Gasteiger partial charge in [-0.25, -0.2) is 0 Å². The Morgan fingerprint density at radius 3 is 2.14 bits per heavy atom. The molecule has 1 aliphatic rings. The molecular formula is C26H22ClNO7. The third-order valence-electron chi connectivity index (χ3n) is 5.73. The zero-order chi connectivity index (χ0) is 25.3. The Bertz CT molecular complexity index is 1330. The summed E-state index contributed by atoms with van der Waals surface area (Å²) in [6, 6.07) is 14.6. The lowest BCUT2D eigenvalue weighted by Gasteiger charge is -2.27. The minimum Gasteiger partial charge on any atom is -0.508 e. The van der Waals surface area contributed by atoms with Crippen LogP contribution in [0.1, 0.15) is 17.2 Å². The molecule has 1 fully saturated rings. The summed E-state index contributed by atoms with van der Waals surface area (Å²) in [7, 11) is 4.28. The Balaban J connectivity index is 2.01. The first-order chi connectivity index (χ1) is 16.8. The fourth-order valence-corrected chi connectivity index (χ4v) is 4.31. The number of Topliss-reactive ketones (excluding diaryl/α,β-unsaturated/α-hetero) is 1. The topological polar surface area (TPSA) is 106 Å². The molecule has 0 aliphatic carbocycles. The Morgan fingerprint density at radius 1 is 0.886 bits per heavy atom. The van der Waals surface area contributed by atoms with E-state index in [1.807, 2.05) is 0 Å². The van der Waals surface area contributed by atoms with E-state index in [0.717, 1.165) is 0 Å². The molecule has 1 saturated heterocycles. The van der Waals surface area contributed by atoms with E-state index in [2.05, 4.69) is 0 Å². The van der Waals surface area contributed by atoms with Crippen molar-refractivity contribution in [2.75, 3.05) is 26.2 Å². The highest BCUT2D eigenvalue weighted by molar-refractivity contribution is 6.52. The van der Waals surface area contributed by atoms with E-state index in [9.17, 15) is 19.8 Å². The predicted octanol–water partition coefficient (Wildman–Crippen LogP) is 4.70. The number of phenolic OH excluding ortho intramolecular Hbond substituents is 1. The second-order valence-electron chi connectivity index (χ2n) is 7.62. The number of para-hydroxylation sites is 2. The van der Waals surface area contributed by atoms with E-state index in [4.69, 9.17) is 25.8 Å². The first kappa shape index (κ1) is 24.0. The number of nitrogens with zero attached hydrogens (tertiary/aromatic N) is 1. The Kier molecular flexibility index (Phi) is 6.57. The largest absolute Gasteiger partial charge is 0.508 e. The molecule has 0 aromatic heterocycles. The summed E-state index contributed by atoms with van der Waals surface area (Å²) < 4.78 is 16.0. The summed E-state index contributed by atoms with van der Waals surface area (Å²) in [6.07, 6.45) is 0. The molecule has 1 heterocycles. The molecule has 9 heteroatoms. The molecule has 0 spiro atoms. The van der Waals surface area contributed by atoms with Crippen LogP contribution in [0.4, 0.5) is 5.69 Å². The van der Waals surface area contributed by atoms with Gasteiger partial charge < -0.3 is 24.4 Å². The second-order valence-corrected chi connectivity index (χ2v) is 8.03. The number of ether oxygens (including phenoxy) is 3. The van der Waals surface area contributed by atoms with Crippen molar-refractivity contribution in [3.63, 3.8) is 0 Å². The number of carbonyl (C=O) groups is 2. The Morgan fingerprint density at radius 2 is 1.51 bits per heavy atom. The highest BCUT2D eigenvalue weighted by atomic mass is 35.5. The van der Waals surface area contributed by atoms with Crippen LogP contribution in [0.25, 0.3) is 5.76 Å². The van der Waals surface area contributed by atoms with Crippen molar-refractivity contribution in [1.82, 2.24) is 0 Å². The number of ketones is 1. The van der Waals surface area contributed by atoms with E-state index in [-0.39, 0.29) is 27.7 Å². The van der Waals surface area contributed by atoms with Crippen molar-refractivity contribution >= 4 is 34.7 Å². The number of aliphatic hydroxyl groups excluding tert-OH is 1. The van der Waals surface area contributed by atoms with Gasteiger partial charge >= 0.3 is 0 Å². The summed E-state index contributed by atoms with van der Waals surface area (Å²) in [5.74, 6) is -1.36. The van der Waals surface area contributed by atoms with Gasteiger partial charge in [-0.1, -0.05) is 35.9 Å². The molecule has 1 amide bonds. The van der Waals surface area contributed by atoms with Crippen molar-refractivity contribution in [3.8, 4) is 23.0 Å². The molecule has 3 aromatic carbocycles. The number of rotatable bonds is 6. The van der Waals surface area contributed by atoms with E-state index in [1.54, 1.807) is 36.4 Å². The molecule has 8 nitrogen and oxygen atoms in total. The highest BCUT2D eigenvalue weighted by Crippen LogP contribution is 2.46. The number of aromatic hydroxyl groups is 1. The third kappa shape index (κ3) is 4.13. The fraction of sp³-hybridized carbons (Fsp3) is 0.154. The van der Waals surface area contributed by atoms with Gasteiger partial charge in [0.15, 0.2) is 0 Å². The lowest BCUT2D eigenvalue weighted by Crippen LogP contribution is -2.29. The van der Waals surface area contributed by atoms with Crippen LogP contribution >= 0.6 is 11.6 Å². The van der Waals surface area contributed by atoms with Crippen LogP contribution in [0.5, 0.6) is 23.0 Å². The molecule has 2 N–H and O–H groups in total. The van der Waals surface area contributed by atoms with Crippen LogP contribution in [0.15, 0.2) is 66.2 Å². The smallest absolute Gasteiger partial charge is 0.300 e. The lowest BCUT2D eigenvalue weighted by molar-refractivity contribution is -0.132. The number of anilines is 1. The summed E-state index contributed by atoms with van der Waals surface area (Å²) in [5, 5.41) is 21.4. The van der Waals surface area contributed by atoms with Crippen LogP contribution in [-0.2, 0) is 9.59 Å². The lowest BCUT2D eigenvalue weighted by atomic mass is 9.94. The number of carbonyl (C=O) groups excluding carboxylic acids is 2. The van der Waals surface area contributed by atoms with Gasteiger partial charge in [0, 0.05) is 6.07 Å². The summed E-state index contributed by atoms with van der Waals surface area (Å²) in [4.78, 5) is 28.0. The fourth-order valence-electron chi connectivity index (χ4n) is 4.07. The van der Waals surface area contributed by atoms with Crippen LogP contribution < -0.4 is 19.1 Å². The van der Waals surface area contributed by atoms with Crippen LogP contribution in [-0.4, -0.2) is 43.2 Å². The predicted molar refractivity (Wildman–Crippen MR) is 130 cm³/mol. The Labute approximate surface area is 206 Å². The number of aliphatic hydroxyl groups is 1. The minimum absolute atomic E-state index is 0.00611. The summed E-state index contributed by atoms with van der Waals surface area (Å²) in [5.41, 5.74) is 0.758. The zero-order valence-corrected chi connectivity index (χ0v) is 19.9. The number of benzene rings is 3. The number of halogens is 1. The number of hydrogen-bond acceptors (Lipinski definition) is 7. The molecule has 180 valence electrons. The summed E-state index contributed by atoms with van der Waals surface area (Å²) >= 11 is 6.29. The molecule has 1 unspecified atom stereocenters. The first-order valence-electron chi connectivity index (χ1n) is 10.5. The molecule has 0 radical (unpaired) electrons.